The summed E-state index contributed by atoms with van der Waals surface area (Å²) in [5, 5.41) is 5.15. The number of aryl methyl sites for hydroxylation is 1. The highest BCUT2D eigenvalue weighted by molar-refractivity contribution is 6.06. The minimum absolute atomic E-state index is 0.0858. The first-order valence-electron chi connectivity index (χ1n) is 11.7. The number of pyridine rings is 1. The minimum atomic E-state index is -0.423. The van der Waals surface area contributed by atoms with Crippen molar-refractivity contribution in [3.63, 3.8) is 0 Å². The molecule has 0 aliphatic carbocycles. The molecule has 0 atom stereocenters. The molecule has 7 nitrogen and oxygen atoms in total. The summed E-state index contributed by atoms with van der Waals surface area (Å²) in [6.45, 7) is 5.97. The zero-order valence-electron chi connectivity index (χ0n) is 19.7. The average molecular weight is 472 g/mol. The van der Waals surface area contributed by atoms with E-state index in [2.05, 4.69) is 5.10 Å². The Bertz CT molecular complexity index is 1410. The number of hydrogen-bond acceptors (Lipinski definition) is 5. The van der Waals surface area contributed by atoms with Crippen molar-refractivity contribution in [2.24, 2.45) is 0 Å². The lowest BCUT2D eigenvalue weighted by Crippen LogP contribution is -2.49. The Morgan fingerprint density at radius 1 is 1.00 bits per heavy atom. The van der Waals surface area contributed by atoms with Gasteiger partial charge in [-0.3, -0.25) is 9.59 Å². The van der Waals surface area contributed by atoms with Crippen molar-refractivity contribution in [3.8, 4) is 11.3 Å². The monoisotopic (exact) mass is 471 g/mol. The largest absolute Gasteiger partial charge is 0.366 e. The van der Waals surface area contributed by atoms with Gasteiger partial charge in [0, 0.05) is 43.9 Å². The first-order valence-corrected chi connectivity index (χ1v) is 11.7. The molecular weight excluding hydrogens is 445 g/mol. The number of rotatable bonds is 5. The lowest BCUT2D eigenvalue weighted by Gasteiger charge is -2.36. The van der Waals surface area contributed by atoms with Gasteiger partial charge < -0.3 is 9.80 Å². The van der Waals surface area contributed by atoms with Crippen LogP contribution < -0.4 is 4.90 Å². The van der Waals surface area contributed by atoms with Crippen molar-refractivity contribution in [3.05, 3.63) is 77.7 Å². The van der Waals surface area contributed by atoms with Crippen LogP contribution in [-0.4, -0.2) is 57.5 Å². The number of carbonyl (C=O) groups excluding carboxylic acids is 2. The summed E-state index contributed by atoms with van der Waals surface area (Å²) in [7, 11) is 0. The Labute approximate surface area is 202 Å². The van der Waals surface area contributed by atoms with Crippen LogP contribution in [0, 0.1) is 5.82 Å². The molecule has 5 rings (SSSR count). The van der Waals surface area contributed by atoms with Crippen LogP contribution >= 0.6 is 0 Å². The lowest BCUT2D eigenvalue weighted by atomic mass is 10.1. The fourth-order valence-electron chi connectivity index (χ4n) is 4.52. The Morgan fingerprint density at radius 3 is 2.40 bits per heavy atom. The second-order valence-electron chi connectivity index (χ2n) is 8.62. The van der Waals surface area contributed by atoms with Crippen LogP contribution in [0.25, 0.3) is 22.3 Å². The predicted molar refractivity (Wildman–Crippen MR) is 133 cm³/mol. The standard InChI is InChI=1S/C27H26FN5O2/c1-3-33-26-22(17-29-33)21(16-24(30-26)19-7-5-4-6-8-19)27(35)32-13-11-31(12-14-32)25-10-9-20(18(2)34)15-23(25)28/h4-10,15-17H,3,11-14H2,1-2H3. The van der Waals surface area contributed by atoms with Crippen LogP contribution in [0.5, 0.6) is 0 Å². The fourth-order valence-corrected chi connectivity index (χ4v) is 4.52. The lowest BCUT2D eigenvalue weighted by molar-refractivity contribution is 0.0748. The van der Waals surface area contributed by atoms with E-state index in [9.17, 15) is 14.0 Å². The molecule has 0 N–H and O–H groups in total. The van der Waals surface area contributed by atoms with E-state index in [1.807, 2.05) is 48.2 Å². The fraction of sp³-hybridized carbons (Fsp3) is 0.259. The molecule has 8 heteroatoms. The number of ketones is 1. The molecule has 2 aromatic heterocycles. The number of aromatic nitrogens is 3. The number of Topliss-reactive ketones (excluding diaryl/α,β-unsaturated/α-hetero) is 1. The molecule has 1 fully saturated rings. The number of benzene rings is 2. The summed E-state index contributed by atoms with van der Waals surface area (Å²) < 4.78 is 16.4. The van der Waals surface area contributed by atoms with Gasteiger partial charge in [0.1, 0.15) is 5.82 Å². The molecule has 2 aromatic carbocycles. The van der Waals surface area contributed by atoms with Gasteiger partial charge in [0.15, 0.2) is 11.4 Å². The minimum Gasteiger partial charge on any atom is -0.366 e. The van der Waals surface area contributed by atoms with Crippen molar-refractivity contribution < 1.29 is 14.0 Å². The number of halogens is 1. The van der Waals surface area contributed by atoms with Gasteiger partial charge >= 0.3 is 0 Å². The molecule has 1 aliphatic heterocycles. The van der Waals surface area contributed by atoms with Crippen LogP contribution in [-0.2, 0) is 6.54 Å². The maximum absolute atomic E-state index is 14.6. The third kappa shape index (κ3) is 4.27. The van der Waals surface area contributed by atoms with Gasteiger partial charge in [-0.1, -0.05) is 30.3 Å². The molecule has 178 valence electrons. The second kappa shape index (κ2) is 9.29. The molecule has 1 amide bonds. The molecule has 3 heterocycles. The van der Waals surface area contributed by atoms with Crippen molar-refractivity contribution in [2.75, 3.05) is 31.1 Å². The van der Waals surface area contributed by atoms with Crippen LogP contribution in [0.1, 0.15) is 34.6 Å². The molecule has 35 heavy (non-hydrogen) atoms. The number of anilines is 1. The summed E-state index contributed by atoms with van der Waals surface area (Å²) in [5.74, 6) is -0.680. The van der Waals surface area contributed by atoms with Crippen LogP contribution in [0.15, 0.2) is 60.8 Å². The normalized spacial score (nSPS) is 13.9. The van der Waals surface area contributed by atoms with Gasteiger partial charge in [0.05, 0.1) is 28.5 Å². The SMILES string of the molecule is CCn1ncc2c(C(=O)N3CCN(c4ccc(C(C)=O)cc4F)CC3)cc(-c3ccccc3)nc21. The zero-order chi connectivity index (χ0) is 24.5. The molecule has 1 saturated heterocycles. The molecule has 0 radical (unpaired) electrons. The van der Waals surface area contributed by atoms with E-state index in [4.69, 9.17) is 4.98 Å². The predicted octanol–water partition coefficient (Wildman–Crippen LogP) is 4.42. The first kappa shape index (κ1) is 22.7. The highest BCUT2D eigenvalue weighted by Crippen LogP contribution is 2.27. The molecule has 0 spiro atoms. The van der Waals surface area contributed by atoms with Crippen LogP contribution in [0.3, 0.4) is 0 Å². The molecule has 0 unspecified atom stereocenters. The molecule has 0 saturated carbocycles. The third-order valence-electron chi connectivity index (χ3n) is 6.47. The molecular formula is C27H26FN5O2. The maximum atomic E-state index is 14.6. The van der Waals surface area contributed by atoms with Crippen LogP contribution in [0.2, 0.25) is 0 Å². The van der Waals surface area contributed by atoms with Gasteiger partial charge in [0.25, 0.3) is 5.91 Å². The molecule has 0 bridgehead atoms. The first-order chi connectivity index (χ1) is 17.0. The van der Waals surface area contributed by atoms with E-state index in [1.54, 1.807) is 27.9 Å². The van der Waals surface area contributed by atoms with E-state index in [0.29, 0.717) is 55.2 Å². The Balaban J connectivity index is 1.41. The highest BCUT2D eigenvalue weighted by Gasteiger charge is 2.26. The quantitative estimate of drug-likeness (QED) is 0.403. The Kier molecular flexibility index (Phi) is 6.03. The van der Waals surface area contributed by atoms with Crippen LogP contribution in [0.4, 0.5) is 10.1 Å². The van der Waals surface area contributed by atoms with E-state index < -0.39 is 5.82 Å². The number of amides is 1. The van der Waals surface area contributed by atoms with Gasteiger partial charge in [-0.2, -0.15) is 5.10 Å². The zero-order valence-corrected chi connectivity index (χ0v) is 19.7. The topological polar surface area (TPSA) is 71.3 Å². The molecule has 1 aliphatic rings. The maximum Gasteiger partial charge on any atom is 0.254 e. The molecule has 4 aromatic rings. The van der Waals surface area contributed by atoms with Crippen molar-refractivity contribution >= 4 is 28.4 Å². The Morgan fingerprint density at radius 2 is 1.74 bits per heavy atom. The summed E-state index contributed by atoms with van der Waals surface area (Å²) in [6, 6.07) is 16.2. The number of carbonyl (C=O) groups is 2. The number of piperazine rings is 1. The third-order valence-corrected chi connectivity index (χ3v) is 6.47. The van der Waals surface area contributed by atoms with E-state index in [1.165, 1.54) is 13.0 Å². The summed E-state index contributed by atoms with van der Waals surface area (Å²) in [6.07, 6.45) is 1.70. The summed E-state index contributed by atoms with van der Waals surface area (Å²) in [5.41, 5.74) is 3.71. The summed E-state index contributed by atoms with van der Waals surface area (Å²) >= 11 is 0. The number of nitrogens with zero attached hydrogens (tertiary/aromatic N) is 5. The number of fused-ring (bicyclic) bond motifs is 1. The summed E-state index contributed by atoms with van der Waals surface area (Å²) in [4.78, 5) is 33.7. The Hall–Kier alpha value is -4.07. The van der Waals surface area contributed by atoms with Gasteiger partial charge in [-0.05, 0) is 38.1 Å². The van der Waals surface area contributed by atoms with Crippen molar-refractivity contribution in [2.45, 2.75) is 20.4 Å². The van der Waals surface area contributed by atoms with Gasteiger partial charge in [-0.15, -0.1) is 0 Å². The average Bonchev–Trinajstić information content (AvgIpc) is 3.31. The highest BCUT2D eigenvalue weighted by atomic mass is 19.1. The smallest absolute Gasteiger partial charge is 0.254 e. The number of hydrogen-bond donors (Lipinski definition) is 0. The second-order valence-corrected chi connectivity index (χ2v) is 8.62. The van der Waals surface area contributed by atoms with Crippen molar-refractivity contribution in [1.29, 1.82) is 0 Å². The van der Waals surface area contributed by atoms with Gasteiger partial charge in [0.2, 0.25) is 0 Å². The van der Waals surface area contributed by atoms with E-state index in [0.717, 1.165) is 16.6 Å². The van der Waals surface area contributed by atoms with E-state index >= 15 is 0 Å². The van der Waals surface area contributed by atoms with Crippen molar-refractivity contribution in [1.82, 2.24) is 19.7 Å². The van der Waals surface area contributed by atoms with E-state index in [-0.39, 0.29) is 11.7 Å². The van der Waals surface area contributed by atoms with Gasteiger partial charge in [-0.25, -0.2) is 14.1 Å².